The molecule has 0 saturated heterocycles. The Morgan fingerprint density at radius 1 is 1.50 bits per heavy atom. The summed E-state index contributed by atoms with van der Waals surface area (Å²) in [5.74, 6) is -0.289. The Hall–Kier alpha value is -0.930. The second-order valence-corrected chi connectivity index (χ2v) is 3.41. The van der Waals surface area contributed by atoms with E-state index in [2.05, 4.69) is 0 Å². The van der Waals surface area contributed by atoms with E-state index < -0.39 is 0 Å². The molecule has 1 aromatic rings. The van der Waals surface area contributed by atoms with E-state index in [4.69, 9.17) is 10.8 Å². The molecule has 0 bridgehead atoms. The normalized spacial score (nSPS) is 12.9. The molecule has 3 N–H and O–H groups in total. The molecule has 0 saturated carbocycles. The molecule has 0 aliphatic carbocycles. The van der Waals surface area contributed by atoms with Crippen LogP contribution in [0.25, 0.3) is 0 Å². The smallest absolute Gasteiger partial charge is 0.127 e. The van der Waals surface area contributed by atoms with E-state index in [-0.39, 0.29) is 18.5 Å². The zero-order valence-electron chi connectivity index (χ0n) is 8.33. The third-order valence-electron chi connectivity index (χ3n) is 2.24. The number of hydrogen-bond donors (Lipinski definition) is 2. The molecule has 1 atom stereocenters. The molecule has 1 unspecified atom stereocenters. The summed E-state index contributed by atoms with van der Waals surface area (Å²) in [6.45, 7) is 1.93. The predicted octanol–water partition coefficient (Wildman–Crippen LogP) is 2.12. The van der Waals surface area contributed by atoms with Gasteiger partial charge in [-0.05, 0) is 24.1 Å². The summed E-state index contributed by atoms with van der Waals surface area (Å²) in [6, 6.07) is 4.29. The molecule has 0 radical (unpaired) electrons. The molecule has 0 spiro atoms. The number of halogens is 1. The SMILES string of the molecule is CCCC(N)c1cc(CO)ccc1F. The lowest BCUT2D eigenvalue weighted by Gasteiger charge is -2.12. The Morgan fingerprint density at radius 3 is 2.79 bits per heavy atom. The van der Waals surface area contributed by atoms with Crippen LogP contribution in [0.5, 0.6) is 0 Å². The Labute approximate surface area is 83.6 Å². The molecule has 0 fully saturated rings. The van der Waals surface area contributed by atoms with Crippen molar-refractivity contribution in [3.63, 3.8) is 0 Å². The molecule has 2 nitrogen and oxygen atoms in total. The highest BCUT2D eigenvalue weighted by molar-refractivity contribution is 5.27. The summed E-state index contributed by atoms with van der Waals surface area (Å²) >= 11 is 0. The van der Waals surface area contributed by atoms with Gasteiger partial charge < -0.3 is 10.8 Å². The van der Waals surface area contributed by atoms with Gasteiger partial charge >= 0.3 is 0 Å². The molecule has 1 rings (SSSR count). The Kier molecular flexibility index (Phi) is 4.04. The maximum absolute atomic E-state index is 13.3. The summed E-state index contributed by atoms with van der Waals surface area (Å²) in [4.78, 5) is 0. The minimum Gasteiger partial charge on any atom is -0.392 e. The van der Waals surface area contributed by atoms with Crippen LogP contribution < -0.4 is 5.73 Å². The van der Waals surface area contributed by atoms with Gasteiger partial charge in [-0.2, -0.15) is 0 Å². The first kappa shape index (κ1) is 11.1. The van der Waals surface area contributed by atoms with Gasteiger partial charge in [-0.25, -0.2) is 4.39 Å². The van der Waals surface area contributed by atoms with Crippen LogP contribution in [0.4, 0.5) is 4.39 Å². The van der Waals surface area contributed by atoms with Crippen LogP contribution in [0.3, 0.4) is 0 Å². The van der Waals surface area contributed by atoms with E-state index in [1.165, 1.54) is 6.07 Å². The second kappa shape index (κ2) is 5.08. The van der Waals surface area contributed by atoms with Crippen LogP contribution in [0.15, 0.2) is 18.2 Å². The molecule has 0 aliphatic rings. The van der Waals surface area contributed by atoms with Crippen LogP contribution in [-0.4, -0.2) is 5.11 Å². The fourth-order valence-electron chi connectivity index (χ4n) is 1.44. The van der Waals surface area contributed by atoms with Gasteiger partial charge in [0.05, 0.1) is 6.61 Å². The molecule has 78 valence electrons. The summed E-state index contributed by atoms with van der Waals surface area (Å²) in [6.07, 6.45) is 1.68. The van der Waals surface area contributed by atoms with E-state index in [0.717, 1.165) is 12.8 Å². The third kappa shape index (κ3) is 2.53. The van der Waals surface area contributed by atoms with Gasteiger partial charge in [0.15, 0.2) is 0 Å². The molecular formula is C11H16FNO. The van der Waals surface area contributed by atoms with E-state index in [9.17, 15) is 4.39 Å². The minimum atomic E-state index is -0.289. The average Bonchev–Trinajstić information content (AvgIpc) is 2.19. The van der Waals surface area contributed by atoms with Crippen molar-refractivity contribution in [2.75, 3.05) is 0 Å². The Morgan fingerprint density at radius 2 is 2.21 bits per heavy atom. The monoisotopic (exact) mass is 197 g/mol. The molecule has 0 heterocycles. The molecule has 0 aliphatic heterocycles. The summed E-state index contributed by atoms with van der Waals surface area (Å²) < 4.78 is 13.3. The van der Waals surface area contributed by atoms with Crippen LogP contribution in [0, 0.1) is 5.82 Å². The van der Waals surface area contributed by atoms with E-state index in [1.807, 2.05) is 6.92 Å². The van der Waals surface area contributed by atoms with E-state index >= 15 is 0 Å². The fourth-order valence-corrected chi connectivity index (χ4v) is 1.44. The van der Waals surface area contributed by atoms with Crippen molar-refractivity contribution in [3.05, 3.63) is 35.1 Å². The summed E-state index contributed by atoms with van der Waals surface area (Å²) in [5.41, 5.74) is 7.01. The number of nitrogens with two attached hydrogens (primary N) is 1. The summed E-state index contributed by atoms with van der Waals surface area (Å²) in [5, 5.41) is 8.90. The van der Waals surface area contributed by atoms with Crippen molar-refractivity contribution in [1.82, 2.24) is 0 Å². The van der Waals surface area contributed by atoms with Crippen LogP contribution >= 0.6 is 0 Å². The number of aliphatic hydroxyl groups is 1. The lowest BCUT2D eigenvalue weighted by atomic mass is 10.0. The largest absolute Gasteiger partial charge is 0.392 e. The quantitative estimate of drug-likeness (QED) is 0.776. The van der Waals surface area contributed by atoms with Gasteiger partial charge in [0, 0.05) is 11.6 Å². The first-order valence-corrected chi connectivity index (χ1v) is 4.83. The van der Waals surface area contributed by atoms with Gasteiger partial charge in [0.1, 0.15) is 5.82 Å². The van der Waals surface area contributed by atoms with E-state index in [1.54, 1.807) is 12.1 Å². The molecule has 14 heavy (non-hydrogen) atoms. The highest BCUT2D eigenvalue weighted by Gasteiger charge is 2.10. The number of aliphatic hydroxyl groups excluding tert-OH is 1. The number of benzene rings is 1. The lowest BCUT2D eigenvalue weighted by molar-refractivity contribution is 0.281. The maximum Gasteiger partial charge on any atom is 0.127 e. The zero-order chi connectivity index (χ0) is 10.6. The summed E-state index contributed by atoms with van der Waals surface area (Å²) in [7, 11) is 0. The van der Waals surface area contributed by atoms with Crippen LogP contribution in [-0.2, 0) is 6.61 Å². The highest BCUT2D eigenvalue weighted by Crippen LogP contribution is 2.20. The Bertz CT molecular complexity index is 301. The van der Waals surface area contributed by atoms with E-state index in [0.29, 0.717) is 11.1 Å². The van der Waals surface area contributed by atoms with Crippen molar-refractivity contribution in [2.45, 2.75) is 32.4 Å². The fraction of sp³-hybridized carbons (Fsp3) is 0.455. The predicted molar refractivity (Wildman–Crippen MR) is 54.2 cm³/mol. The third-order valence-corrected chi connectivity index (χ3v) is 2.24. The van der Waals surface area contributed by atoms with Gasteiger partial charge in [-0.1, -0.05) is 19.4 Å². The molecular weight excluding hydrogens is 181 g/mol. The van der Waals surface area contributed by atoms with Crippen LogP contribution in [0.1, 0.15) is 36.9 Å². The van der Waals surface area contributed by atoms with Crippen molar-refractivity contribution in [3.8, 4) is 0 Å². The van der Waals surface area contributed by atoms with Gasteiger partial charge in [0.2, 0.25) is 0 Å². The van der Waals surface area contributed by atoms with Crippen molar-refractivity contribution >= 4 is 0 Å². The average molecular weight is 197 g/mol. The lowest BCUT2D eigenvalue weighted by Crippen LogP contribution is -2.12. The topological polar surface area (TPSA) is 46.2 Å². The molecule has 0 aromatic heterocycles. The first-order chi connectivity index (χ1) is 6.69. The number of hydrogen-bond acceptors (Lipinski definition) is 2. The highest BCUT2D eigenvalue weighted by atomic mass is 19.1. The molecule has 1 aromatic carbocycles. The van der Waals surface area contributed by atoms with Crippen molar-refractivity contribution in [1.29, 1.82) is 0 Å². The van der Waals surface area contributed by atoms with Gasteiger partial charge in [-0.15, -0.1) is 0 Å². The van der Waals surface area contributed by atoms with Gasteiger partial charge in [-0.3, -0.25) is 0 Å². The second-order valence-electron chi connectivity index (χ2n) is 3.41. The van der Waals surface area contributed by atoms with Crippen molar-refractivity contribution in [2.24, 2.45) is 5.73 Å². The minimum absolute atomic E-state index is 0.0773. The van der Waals surface area contributed by atoms with Crippen LogP contribution in [0.2, 0.25) is 0 Å². The zero-order valence-corrected chi connectivity index (χ0v) is 8.33. The Balaban J connectivity index is 2.93. The molecule has 3 heteroatoms. The van der Waals surface area contributed by atoms with Gasteiger partial charge in [0.25, 0.3) is 0 Å². The maximum atomic E-state index is 13.3. The standard InChI is InChI=1S/C11H16FNO/c1-2-3-11(13)9-6-8(7-14)4-5-10(9)12/h4-6,11,14H,2-3,7,13H2,1H3. The number of rotatable bonds is 4. The van der Waals surface area contributed by atoms with Crippen molar-refractivity contribution < 1.29 is 9.50 Å². The first-order valence-electron chi connectivity index (χ1n) is 4.83. The molecule has 0 amide bonds.